The Hall–Kier alpha value is -2.29. The van der Waals surface area contributed by atoms with Gasteiger partial charge in [0.15, 0.2) is 0 Å². The van der Waals surface area contributed by atoms with Gasteiger partial charge in [-0.15, -0.1) is 0 Å². The Morgan fingerprint density at radius 3 is 2.10 bits per heavy atom. The van der Waals surface area contributed by atoms with E-state index in [0.717, 1.165) is 11.1 Å². The molecule has 0 saturated carbocycles. The normalized spacial score (nSPS) is 13.3. The van der Waals surface area contributed by atoms with E-state index in [0.29, 0.717) is 0 Å². The maximum atomic E-state index is 12.1. The van der Waals surface area contributed by atoms with Gasteiger partial charge in [0.05, 0.1) is 12.1 Å². The summed E-state index contributed by atoms with van der Waals surface area (Å²) in [6.45, 7) is 6.03. The van der Waals surface area contributed by atoms with Gasteiger partial charge in [-0.05, 0) is 37.5 Å². The van der Waals surface area contributed by atoms with Crippen LogP contribution in [0.25, 0.3) is 0 Å². The first-order chi connectivity index (χ1) is 10.1. The number of carbonyl (C=O) groups is 1. The molecule has 21 heavy (non-hydrogen) atoms. The van der Waals surface area contributed by atoms with Gasteiger partial charge in [0.25, 0.3) is 0 Å². The number of nitrogens with one attached hydrogen (secondary N) is 2. The van der Waals surface area contributed by atoms with E-state index < -0.39 is 0 Å². The summed E-state index contributed by atoms with van der Waals surface area (Å²) in [6, 6.07) is 17.8. The van der Waals surface area contributed by atoms with E-state index in [4.69, 9.17) is 0 Å². The number of hydrogen-bond acceptors (Lipinski definition) is 1. The molecule has 0 fully saturated rings. The highest BCUT2D eigenvalue weighted by atomic mass is 16.2. The highest BCUT2D eigenvalue weighted by molar-refractivity contribution is 5.75. The summed E-state index contributed by atoms with van der Waals surface area (Å²) in [4.78, 5) is 12.1. The highest BCUT2D eigenvalue weighted by Gasteiger charge is 2.13. The van der Waals surface area contributed by atoms with Crippen LogP contribution in [0.1, 0.15) is 42.6 Å². The molecule has 3 heteroatoms. The molecule has 0 bridgehead atoms. The lowest BCUT2D eigenvalue weighted by atomic mass is 10.0. The maximum Gasteiger partial charge on any atom is 0.315 e. The van der Waals surface area contributed by atoms with E-state index >= 15 is 0 Å². The first-order valence-corrected chi connectivity index (χ1v) is 7.25. The Balaban J connectivity index is 1.94. The zero-order valence-electron chi connectivity index (χ0n) is 12.8. The van der Waals surface area contributed by atoms with Gasteiger partial charge in [-0.2, -0.15) is 0 Å². The van der Waals surface area contributed by atoms with Gasteiger partial charge in [-0.25, -0.2) is 4.79 Å². The third-order valence-corrected chi connectivity index (χ3v) is 3.65. The number of urea groups is 1. The monoisotopic (exact) mass is 282 g/mol. The molecule has 2 aromatic rings. The fourth-order valence-corrected chi connectivity index (χ4v) is 2.41. The van der Waals surface area contributed by atoms with Gasteiger partial charge >= 0.3 is 6.03 Å². The molecule has 0 aliphatic rings. The van der Waals surface area contributed by atoms with Gasteiger partial charge in [-0.3, -0.25) is 0 Å². The van der Waals surface area contributed by atoms with Crippen LogP contribution in [0.3, 0.4) is 0 Å². The molecule has 0 spiro atoms. The zero-order chi connectivity index (χ0) is 15.2. The highest BCUT2D eigenvalue weighted by Crippen LogP contribution is 2.17. The summed E-state index contributed by atoms with van der Waals surface area (Å²) < 4.78 is 0. The van der Waals surface area contributed by atoms with Gasteiger partial charge in [0.1, 0.15) is 0 Å². The van der Waals surface area contributed by atoms with Gasteiger partial charge in [-0.1, -0.05) is 54.6 Å². The van der Waals surface area contributed by atoms with Crippen LogP contribution in [0.2, 0.25) is 0 Å². The van der Waals surface area contributed by atoms with E-state index in [1.165, 1.54) is 5.56 Å². The van der Waals surface area contributed by atoms with Crippen LogP contribution < -0.4 is 10.6 Å². The van der Waals surface area contributed by atoms with Crippen molar-refractivity contribution in [1.29, 1.82) is 0 Å². The smallest absolute Gasteiger partial charge is 0.315 e. The molecule has 0 heterocycles. The largest absolute Gasteiger partial charge is 0.332 e. The maximum absolute atomic E-state index is 12.1. The van der Waals surface area contributed by atoms with E-state index in [-0.39, 0.29) is 18.1 Å². The molecular weight excluding hydrogens is 260 g/mol. The molecule has 0 aromatic heterocycles. The molecule has 2 unspecified atom stereocenters. The van der Waals surface area contributed by atoms with E-state index in [1.54, 1.807) is 0 Å². The minimum atomic E-state index is -0.151. The molecule has 2 N–H and O–H groups in total. The molecule has 2 amide bonds. The minimum Gasteiger partial charge on any atom is -0.332 e. The zero-order valence-corrected chi connectivity index (χ0v) is 12.8. The van der Waals surface area contributed by atoms with Gasteiger partial charge < -0.3 is 10.6 Å². The van der Waals surface area contributed by atoms with Crippen molar-refractivity contribution in [2.24, 2.45) is 0 Å². The quantitative estimate of drug-likeness (QED) is 0.870. The minimum absolute atomic E-state index is 0.0183. The molecular formula is C18H22N2O. The summed E-state index contributed by atoms with van der Waals surface area (Å²) >= 11 is 0. The van der Waals surface area contributed by atoms with Crippen molar-refractivity contribution < 1.29 is 4.79 Å². The van der Waals surface area contributed by atoms with Crippen LogP contribution in [-0.4, -0.2) is 6.03 Å². The lowest BCUT2D eigenvalue weighted by molar-refractivity contribution is 0.235. The van der Waals surface area contributed by atoms with Gasteiger partial charge in [0, 0.05) is 0 Å². The van der Waals surface area contributed by atoms with Crippen molar-refractivity contribution in [3.63, 3.8) is 0 Å². The average Bonchev–Trinajstić information content (AvgIpc) is 2.48. The first-order valence-electron chi connectivity index (χ1n) is 7.25. The third-order valence-electron chi connectivity index (χ3n) is 3.65. The summed E-state index contributed by atoms with van der Waals surface area (Å²) in [5.41, 5.74) is 3.41. The Morgan fingerprint density at radius 2 is 1.43 bits per heavy atom. The summed E-state index contributed by atoms with van der Waals surface area (Å²) in [6.07, 6.45) is 0. The van der Waals surface area contributed by atoms with Crippen molar-refractivity contribution in [3.8, 4) is 0 Å². The van der Waals surface area contributed by atoms with Crippen molar-refractivity contribution in [2.75, 3.05) is 0 Å². The molecule has 0 aliphatic carbocycles. The van der Waals surface area contributed by atoms with Crippen LogP contribution in [0.5, 0.6) is 0 Å². The van der Waals surface area contributed by atoms with Crippen LogP contribution in [0.15, 0.2) is 54.6 Å². The second-order valence-electron chi connectivity index (χ2n) is 5.33. The Kier molecular flexibility index (Phi) is 4.99. The molecule has 3 nitrogen and oxygen atoms in total. The summed E-state index contributed by atoms with van der Waals surface area (Å²) in [5, 5.41) is 5.95. The van der Waals surface area contributed by atoms with E-state index in [1.807, 2.05) is 62.4 Å². The second kappa shape index (κ2) is 6.93. The van der Waals surface area contributed by atoms with Crippen molar-refractivity contribution in [2.45, 2.75) is 32.9 Å². The number of aryl methyl sites for hydroxylation is 1. The van der Waals surface area contributed by atoms with Crippen molar-refractivity contribution >= 4 is 6.03 Å². The number of hydrogen-bond donors (Lipinski definition) is 2. The molecule has 0 saturated heterocycles. The number of rotatable bonds is 4. The van der Waals surface area contributed by atoms with Crippen molar-refractivity contribution in [3.05, 3.63) is 71.3 Å². The van der Waals surface area contributed by atoms with Crippen molar-refractivity contribution in [1.82, 2.24) is 10.6 Å². The predicted octanol–water partition coefficient (Wildman–Crippen LogP) is 4.12. The predicted molar refractivity (Wildman–Crippen MR) is 86.1 cm³/mol. The molecule has 110 valence electrons. The van der Waals surface area contributed by atoms with Crippen LogP contribution >= 0.6 is 0 Å². The van der Waals surface area contributed by atoms with Gasteiger partial charge in [0.2, 0.25) is 0 Å². The third kappa shape index (κ3) is 4.09. The molecule has 0 aliphatic heterocycles. The molecule has 2 atom stereocenters. The van der Waals surface area contributed by atoms with Crippen LogP contribution in [-0.2, 0) is 0 Å². The standard InChI is InChI=1S/C18H22N2O/c1-13-9-7-8-12-17(13)15(3)20-18(21)19-14(2)16-10-5-4-6-11-16/h4-12,14-15H,1-3H3,(H2,19,20,21). The number of amides is 2. The summed E-state index contributed by atoms with van der Waals surface area (Å²) in [7, 11) is 0. The number of carbonyl (C=O) groups excluding carboxylic acids is 1. The number of benzene rings is 2. The van der Waals surface area contributed by atoms with Crippen LogP contribution in [0.4, 0.5) is 4.79 Å². The van der Waals surface area contributed by atoms with E-state index in [9.17, 15) is 4.79 Å². The SMILES string of the molecule is Cc1ccccc1C(C)NC(=O)NC(C)c1ccccc1. The Morgan fingerprint density at radius 1 is 0.857 bits per heavy atom. The Bertz CT molecular complexity index is 595. The Labute approximate surface area is 126 Å². The van der Waals surface area contributed by atoms with E-state index in [2.05, 4.69) is 23.6 Å². The summed E-state index contributed by atoms with van der Waals surface area (Å²) in [5.74, 6) is 0. The fourth-order valence-electron chi connectivity index (χ4n) is 2.41. The first kappa shape index (κ1) is 15.1. The molecule has 2 aromatic carbocycles. The second-order valence-corrected chi connectivity index (χ2v) is 5.33. The fraction of sp³-hybridized carbons (Fsp3) is 0.278. The molecule has 0 radical (unpaired) electrons. The topological polar surface area (TPSA) is 41.1 Å². The van der Waals surface area contributed by atoms with Crippen LogP contribution in [0, 0.1) is 6.92 Å². The lowest BCUT2D eigenvalue weighted by Crippen LogP contribution is -2.38. The average molecular weight is 282 g/mol. The lowest BCUT2D eigenvalue weighted by Gasteiger charge is -2.20. The molecule has 2 rings (SSSR count).